The third-order valence-corrected chi connectivity index (χ3v) is 10.1. The summed E-state index contributed by atoms with van der Waals surface area (Å²) in [6.07, 6.45) is 6.26. The summed E-state index contributed by atoms with van der Waals surface area (Å²) in [6.45, 7) is 6.25. The molecule has 0 fully saturated rings. The average molecular weight is 692 g/mol. The standard InChI is InChI=1S/C53H41N/c1-3-40(41-15-6-4-7-16-41)28-27-39(2)47-21-12-23-50(37-47)54(51-24-13-22-48(38-51)53-26-14-20-46-19-10-11-25-52(46)53)49-35-33-45(34-36-49)44-31-29-43(30-32-44)42-17-8-5-9-18-42/h3-38H,1H2,2H3/b39-27+,40-28+. The lowest BCUT2D eigenvalue weighted by atomic mass is 9.97. The number of benzene rings is 8. The van der Waals surface area contributed by atoms with Gasteiger partial charge in [0.2, 0.25) is 0 Å². The first-order chi connectivity index (χ1) is 26.6. The number of hydrogen-bond acceptors (Lipinski definition) is 1. The molecule has 54 heavy (non-hydrogen) atoms. The van der Waals surface area contributed by atoms with Gasteiger partial charge in [-0.1, -0.05) is 189 Å². The van der Waals surface area contributed by atoms with Crippen molar-refractivity contribution in [1.29, 1.82) is 0 Å². The largest absolute Gasteiger partial charge is 0.310 e. The first-order valence-electron chi connectivity index (χ1n) is 18.5. The Morgan fingerprint density at radius 1 is 0.426 bits per heavy atom. The fourth-order valence-electron chi connectivity index (χ4n) is 7.14. The monoisotopic (exact) mass is 691 g/mol. The normalized spacial score (nSPS) is 11.7. The summed E-state index contributed by atoms with van der Waals surface area (Å²) in [4.78, 5) is 2.36. The Morgan fingerprint density at radius 2 is 0.944 bits per heavy atom. The van der Waals surface area contributed by atoms with Gasteiger partial charge in [0.1, 0.15) is 0 Å². The zero-order chi connectivity index (χ0) is 36.7. The number of nitrogens with zero attached hydrogens (tertiary/aromatic N) is 1. The SMILES string of the molecule is C=C/C(=C\C=C(/C)c1cccc(N(c2ccc(-c3ccc(-c4ccccc4)cc3)cc2)c2cccc(-c3cccc4ccccc34)c2)c1)c1ccccc1. The molecule has 0 amide bonds. The molecule has 0 bridgehead atoms. The van der Waals surface area contributed by atoms with E-state index in [4.69, 9.17) is 0 Å². The number of rotatable bonds is 10. The minimum atomic E-state index is 1.09. The summed E-state index contributed by atoms with van der Waals surface area (Å²) >= 11 is 0. The van der Waals surface area contributed by atoms with Crippen molar-refractivity contribution in [3.63, 3.8) is 0 Å². The van der Waals surface area contributed by atoms with Gasteiger partial charge in [-0.3, -0.25) is 0 Å². The van der Waals surface area contributed by atoms with Crippen LogP contribution in [0, 0.1) is 0 Å². The van der Waals surface area contributed by atoms with Crippen LogP contribution in [0.4, 0.5) is 17.1 Å². The van der Waals surface area contributed by atoms with Crippen molar-refractivity contribution in [2.75, 3.05) is 4.90 Å². The van der Waals surface area contributed by atoms with Gasteiger partial charge in [-0.05, 0) is 110 Å². The molecular formula is C53H41N. The van der Waals surface area contributed by atoms with Crippen molar-refractivity contribution < 1.29 is 0 Å². The lowest BCUT2D eigenvalue weighted by Crippen LogP contribution is -2.10. The second-order valence-corrected chi connectivity index (χ2v) is 13.5. The van der Waals surface area contributed by atoms with Crippen LogP contribution in [0.15, 0.2) is 225 Å². The van der Waals surface area contributed by atoms with E-state index in [9.17, 15) is 0 Å². The summed E-state index contributed by atoms with van der Waals surface area (Å²) in [6, 6.07) is 71.6. The third-order valence-electron chi connectivity index (χ3n) is 10.1. The van der Waals surface area contributed by atoms with E-state index in [1.807, 2.05) is 12.1 Å². The summed E-state index contributed by atoms with van der Waals surface area (Å²) in [5.41, 5.74) is 15.1. The van der Waals surface area contributed by atoms with Gasteiger partial charge in [0.15, 0.2) is 0 Å². The van der Waals surface area contributed by atoms with E-state index in [0.29, 0.717) is 0 Å². The topological polar surface area (TPSA) is 3.24 Å². The Morgan fingerprint density at radius 3 is 1.65 bits per heavy atom. The quantitative estimate of drug-likeness (QED) is 0.129. The van der Waals surface area contributed by atoms with Gasteiger partial charge in [0.05, 0.1) is 0 Å². The minimum absolute atomic E-state index is 1.09. The fraction of sp³-hybridized carbons (Fsp3) is 0.0189. The van der Waals surface area contributed by atoms with Gasteiger partial charge in [0.25, 0.3) is 0 Å². The summed E-state index contributed by atoms with van der Waals surface area (Å²) < 4.78 is 0. The van der Waals surface area contributed by atoms with Gasteiger partial charge in [0, 0.05) is 17.1 Å². The molecule has 0 saturated heterocycles. The highest BCUT2D eigenvalue weighted by Gasteiger charge is 2.16. The van der Waals surface area contributed by atoms with E-state index in [-0.39, 0.29) is 0 Å². The molecule has 0 aromatic heterocycles. The van der Waals surface area contributed by atoms with Crippen LogP contribution in [0.2, 0.25) is 0 Å². The third kappa shape index (κ3) is 7.35. The van der Waals surface area contributed by atoms with Crippen molar-refractivity contribution in [2.24, 2.45) is 0 Å². The van der Waals surface area contributed by atoms with Crippen molar-refractivity contribution in [3.05, 3.63) is 236 Å². The van der Waals surface area contributed by atoms with E-state index in [1.54, 1.807) is 0 Å². The Kier molecular flexibility index (Phi) is 9.95. The highest BCUT2D eigenvalue weighted by molar-refractivity contribution is 5.97. The predicted molar refractivity (Wildman–Crippen MR) is 233 cm³/mol. The Bertz CT molecular complexity index is 2590. The highest BCUT2D eigenvalue weighted by Crippen LogP contribution is 2.39. The molecule has 0 aliphatic heterocycles. The number of allylic oxidation sites excluding steroid dienone is 5. The molecule has 0 spiro atoms. The molecule has 0 unspecified atom stereocenters. The van der Waals surface area contributed by atoms with E-state index in [2.05, 4.69) is 225 Å². The number of hydrogen-bond donors (Lipinski definition) is 0. The average Bonchev–Trinajstić information content (AvgIpc) is 3.25. The molecule has 8 aromatic carbocycles. The van der Waals surface area contributed by atoms with Crippen LogP contribution < -0.4 is 4.90 Å². The molecule has 0 aliphatic rings. The number of anilines is 3. The van der Waals surface area contributed by atoms with Gasteiger partial charge in [-0.15, -0.1) is 0 Å². The van der Waals surface area contributed by atoms with Crippen LogP contribution in [-0.2, 0) is 0 Å². The molecule has 1 nitrogen and oxygen atoms in total. The van der Waals surface area contributed by atoms with Crippen LogP contribution in [0.3, 0.4) is 0 Å². The second kappa shape index (κ2) is 15.7. The van der Waals surface area contributed by atoms with Crippen LogP contribution in [0.5, 0.6) is 0 Å². The second-order valence-electron chi connectivity index (χ2n) is 13.5. The minimum Gasteiger partial charge on any atom is -0.310 e. The van der Waals surface area contributed by atoms with Crippen LogP contribution >= 0.6 is 0 Å². The van der Waals surface area contributed by atoms with E-state index in [0.717, 1.165) is 33.8 Å². The lowest BCUT2D eigenvalue weighted by Gasteiger charge is -2.27. The van der Waals surface area contributed by atoms with Crippen LogP contribution in [0.1, 0.15) is 18.1 Å². The predicted octanol–water partition coefficient (Wildman–Crippen LogP) is 15.0. The van der Waals surface area contributed by atoms with E-state index in [1.165, 1.54) is 49.7 Å². The molecule has 1 heteroatoms. The first kappa shape index (κ1) is 34.1. The molecule has 0 saturated carbocycles. The molecule has 8 aromatic rings. The molecule has 0 atom stereocenters. The molecule has 0 radical (unpaired) electrons. The van der Waals surface area contributed by atoms with Gasteiger partial charge in [-0.25, -0.2) is 0 Å². The summed E-state index contributed by atoms with van der Waals surface area (Å²) in [5, 5.41) is 2.48. The van der Waals surface area contributed by atoms with Crippen molar-refractivity contribution in [2.45, 2.75) is 6.92 Å². The lowest BCUT2D eigenvalue weighted by molar-refractivity contribution is 1.28. The van der Waals surface area contributed by atoms with Crippen molar-refractivity contribution in [1.82, 2.24) is 0 Å². The maximum absolute atomic E-state index is 4.08. The molecule has 0 aliphatic carbocycles. The molecular weight excluding hydrogens is 651 g/mol. The van der Waals surface area contributed by atoms with Gasteiger partial charge in [-0.2, -0.15) is 0 Å². The zero-order valence-electron chi connectivity index (χ0n) is 30.4. The van der Waals surface area contributed by atoms with Gasteiger partial charge < -0.3 is 4.90 Å². The van der Waals surface area contributed by atoms with Crippen LogP contribution in [-0.4, -0.2) is 0 Å². The zero-order valence-corrected chi connectivity index (χ0v) is 30.4. The number of fused-ring (bicyclic) bond motifs is 1. The van der Waals surface area contributed by atoms with E-state index >= 15 is 0 Å². The maximum atomic E-state index is 4.08. The van der Waals surface area contributed by atoms with Gasteiger partial charge >= 0.3 is 0 Å². The molecule has 0 heterocycles. The molecule has 258 valence electrons. The van der Waals surface area contributed by atoms with Crippen molar-refractivity contribution >= 4 is 39.0 Å². The maximum Gasteiger partial charge on any atom is 0.0467 e. The Balaban J connectivity index is 1.18. The summed E-state index contributed by atoms with van der Waals surface area (Å²) in [5.74, 6) is 0. The fourth-order valence-corrected chi connectivity index (χ4v) is 7.14. The molecule has 0 N–H and O–H groups in total. The van der Waals surface area contributed by atoms with E-state index < -0.39 is 0 Å². The van der Waals surface area contributed by atoms with Crippen LogP contribution in [0.25, 0.3) is 55.3 Å². The molecule has 8 rings (SSSR count). The summed E-state index contributed by atoms with van der Waals surface area (Å²) in [7, 11) is 0. The Labute approximate surface area is 319 Å². The Hall–Kier alpha value is -6.96. The highest BCUT2D eigenvalue weighted by atomic mass is 15.1. The first-order valence-corrected chi connectivity index (χ1v) is 18.5. The smallest absolute Gasteiger partial charge is 0.0467 e. The van der Waals surface area contributed by atoms with Crippen molar-refractivity contribution in [3.8, 4) is 33.4 Å².